The number of ether oxygens (including phenoxy) is 1. The van der Waals surface area contributed by atoms with Gasteiger partial charge in [-0.15, -0.1) is 0 Å². The Morgan fingerprint density at radius 1 is 0.419 bits per heavy atom. The Bertz CT molecular complexity index is 2900. The van der Waals surface area contributed by atoms with Crippen molar-refractivity contribution in [3.63, 3.8) is 0 Å². The lowest BCUT2D eigenvalue weighted by atomic mass is 9.82. The van der Waals surface area contributed by atoms with Gasteiger partial charge in [0.25, 0.3) is 0 Å². The van der Waals surface area contributed by atoms with Crippen molar-refractivity contribution in [1.82, 2.24) is 0 Å². The first-order valence-electron chi connectivity index (χ1n) is 18.2. The Labute approximate surface area is 260 Å². The molecular formula is C42H24O. The molecule has 1 aliphatic heterocycles. The Hall–Kier alpha value is -5.66. The summed E-state index contributed by atoms with van der Waals surface area (Å²) >= 11 is 0. The van der Waals surface area contributed by atoms with Gasteiger partial charge in [-0.1, -0.05) is 127 Å². The van der Waals surface area contributed by atoms with Crippen LogP contribution in [-0.4, -0.2) is 0 Å². The van der Waals surface area contributed by atoms with E-state index in [0.29, 0.717) is 5.56 Å². The van der Waals surface area contributed by atoms with Crippen molar-refractivity contribution in [2.75, 3.05) is 0 Å². The maximum absolute atomic E-state index is 9.53. The van der Waals surface area contributed by atoms with Crippen LogP contribution < -0.4 is 4.74 Å². The van der Waals surface area contributed by atoms with E-state index in [9.17, 15) is 2.74 Å². The number of fused-ring (bicyclic) bond motifs is 6. The molecule has 8 aromatic rings. The normalized spacial score (nSPS) is 15.0. The molecule has 0 aromatic heterocycles. The largest absolute Gasteiger partial charge is 0.456 e. The molecule has 0 spiro atoms. The van der Waals surface area contributed by atoms with Crippen LogP contribution in [0.15, 0.2) is 145 Å². The van der Waals surface area contributed by atoms with Gasteiger partial charge in [-0.05, 0) is 95.2 Å². The second kappa shape index (κ2) is 8.44. The minimum atomic E-state index is -0.471. The lowest BCUT2D eigenvalue weighted by Crippen LogP contribution is -1.98. The molecule has 8 aromatic carbocycles. The molecule has 0 N–H and O–H groups in total. The average molecular weight is 553 g/mol. The van der Waals surface area contributed by atoms with Crippen molar-refractivity contribution >= 4 is 32.3 Å². The lowest BCUT2D eigenvalue weighted by Gasteiger charge is -2.24. The van der Waals surface area contributed by atoms with Crippen LogP contribution in [0.3, 0.4) is 0 Å². The molecule has 0 saturated carbocycles. The SMILES string of the molecule is [2H]c1c(-c2c3c(c(-c4ccccc4)c4ccccc24)-c2cccc4cccc-3c24)cc2c(c1[2H])Oc1c([2H])c([2H])c([2H])c3c([2H])c([2H])c([2H])c-2c13. The monoisotopic (exact) mass is 552 g/mol. The number of hydrogen-bond acceptors (Lipinski definition) is 1. The number of rotatable bonds is 2. The van der Waals surface area contributed by atoms with E-state index in [1.165, 1.54) is 0 Å². The van der Waals surface area contributed by atoms with Gasteiger partial charge in [-0.25, -0.2) is 0 Å². The molecule has 1 heterocycles. The first-order valence-corrected chi connectivity index (χ1v) is 14.2. The molecule has 1 nitrogen and oxygen atoms in total. The summed E-state index contributed by atoms with van der Waals surface area (Å²) in [6.07, 6.45) is 0. The fraction of sp³-hybridized carbons (Fsp3) is 0. The highest BCUT2D eigenvalue weighted by atomic mass is 16.5. The van der Waals surface area contributed by atoms with Crippen molar-refractivity contribution in [3.8, 4) is 67.1 Å². The number of hydrogen-bond donors (Lipinski definition) is 0. The summed E-state index contributed by atoms with van der Waals surface area (Å²) in [5.41, 5.74) is 7.80. The second-order valence-corrected chi connectivity index (χ2v) is 11.0. The maximum Gasteiger partial charge on any atom is 0.135 e. The van der Waals surface area contributed by atoms with E-state index in [2.05, 4.69) is 48.5 Å². The molecular weight excluding hydrogens is 520 g/mol. The summed E-state index contributed by atoms with van der Waals surface area (Å²) in [7, 11) is 0. The van der Waals surface area contributed by atoms with Crippen molar-refractivity contribution in [1.29, 1.82) is 0 Å². The van der Waals surface area contributed by atoms with E-state index in [1.54, 1.807) is 6.07 Å². The molecule has 0 fully saturated rings. The molecule has 0 atom stereocenters. The molecule has 0 saturated heterocycles. The summed E-state index contributed by atoms with van der Waals surface area (Å²) in [4.78, 5) is 0. The van der Waals surface area contributed by atoms with E-state index >= 15 is 0 Å². The minimum Gasteiger partial charge on any atom is -0.456 e. The fourth-order valence-electron chi connectivity index (χ4n) is 7.08. The Morgan fingerprint density at radius 3 is 1.84 bits per heavy atom. The Morgan fingerprint density at radius 2 is 1.09 bits per heavy atom. The standard InChI is InChI=1S/C42H24O/c1-2-10-27(11-3-1)39-29-16-4-5-17-30(29)40(42-33-20-8-13-25-12-7-19-32(37(25)33)41(39)42)28-22-23-35-34(24-28)31-18-6-14-26-15-9-21-36(43-35)38(26)31/h1-24H/i6D,9D,14D,15D,18D,21D,22D,23D. The van der Waals surface area contributed by atoms with Crippen LogP contribution in [0.4, 0.5) is 0 Å². The first-order chi connectivity index (χ1) is 24.7. The van der Waals surface area contributed by atoms with Crippen LogP contribution in [0.5, 0.6) is 11.5 Å². The maximum atomic E-state index is 9.53. The third kappa shape index (κ3) is 3.06. The lowest BCUT2D eigenvalue weighted by molar-refractivity contribution is 0.487. The van der Waals surface area contributed by atoms with Gasteiger partial charge in [-0.3, -0.25) is 0 Å². The van der Waals surface area contributed by atoms with Gasteiger partial charge in [0.1, 0.15) is 11.5 Å². The molecule has 198 valence electrons. The van der Waals surface area contributed by atoms with Crippen molar-refractivity contribution in [2.45, 2.75) is 0 Å². The Kier molecular flexibility index (Phi) is 3.28. The molecule has 0 unspecified atom stereocenters. The molecule has 0 radical (unpaired) electrons. The zero-order valence-corrected chi connectivity index (χ0v) is 22.6. The summed E-state index contributed by atoms with van der Waals surface area (Å²) in [6, 6.07) is 29.9. The first kappa shape index (κ1) is 16.7. The number of benzene rings is 8. The summed E-state index contributed by atoms with van der Waals surface area (Å²) in [6.45, 7) is 0. The van der Waals surface area contributed by atoms with Crippen LogP contribution in [0.1, 0.15) is 11.0 Å². The van der Waals surface area contributed by atoms with Gasteiger partial charge >= 0.3 is 0 Å². The van der Waals surface area contributed by atoms with Gasteiger partial charge in [0.2, 0.25) is 0 Å². The van der Waals surface area contributed by atoms with Gasteiger partial charge < -0.3 is 4.74 Å². The summed E-state index contributed by atoms with van der Waals surface area (Å²) in [5, 5.41) is 4.14. The zero-order valence-electron chi connectivity index (χ0n) is 30.6. The summed E-state index contributed by atoms with van der Waals surface area (Å²) < 4.78 is 77.2. The topological polar surface area (TPSA) is 9.23 Å². The predicted octanol–water partition coefficient (Wildman–Crippen LogP) is 11.9. The van der Waals surface area contributed by atoms with E-state index in [-0.39, 0.29) is 63.6 Å². The second-order valence-electron chi connectivity index (χ2n) is 11.0. The quantitative estimate of drug-likeness (QED) is 0.207. The van der Waals surface area contributed by atoms with E-state index in [0.717, 1.165) is 60.5 Å². The predicted molar refractivity (Wildman–Crippen MR) is 180 cm³/mol. The smallest absolute Gasteiger partial charge is 0.135 e. The molecule has 10 rings (SSSR count). The van der Waals surface area contributed by atoms with Crippen LogP contribution in [0, 0.1) is 0 Å². The molecule has 43 heavy (non-hydrogen) atoms. The Balaban J connectivity index is 1.40. The molecule has 0 amide bonds. The van der Waals surface area contributed by atoms with Gasteiger partial charge in [0, 0.05) is 10.9 Å². The minimum absolute atomic E-state index is 0.0450. The van der Waals surface area contributed by atoms with Gasteiger partial charge in [-0.2, -0.15) is 0 Å². The van der Waals surface area contributed by atoms with Gasteiger partial charge in [0.15, 0.2) is 0 Å². The van der Waals surface area contributed by atoms with Crippen LogP contribution in [-0.2, 0) is 0 Å². The third-order valence-corrected chi connectivity index (χ3v) is 8.77. The molecule has 2 aliphatic rings. The van der Waals surface area contributed by atoms with Gasteiger partial charge in [0.05, 0.1) is 11.0 Å². The molecule has 0 bridgehead atoms. The fourth-order valence-corrected chi connectivity index (χ4v) is 7.08. The van der Waals surface area contributed by atoms with Crippen molar-refractivity contribution in [3.05, 3.63) is 145 Å². The van der Waals surface area contributed by atoms with E-state index < -0.39 is 18.1 Å². The highest BCUT2D eigenvalue weighted by Gasteiger charge is 2.31. The third-order valence-electron chi connectivity index (χ3n) is 8.77. The summed E-state index contributed by atoms with van der Waals surface area (Å²) in [5.74, 6) is -0.196. The highest BCUT2D eigenvalue weighted by Crippen LogP contribution is 2.58. The van der Waals surface area contributed by atoms with E-state index in [1.807, 2.05) is 42.5 Å². The zero-order chi connectivity index (χ0) is 35.0. The molecule has 1 heteroatoms. The van der Waals surface area contributed by atoms with Crippen molar-refractivity contribution in [2.24, 2.45) is 0 Å². The van der Waals surface area contributed by atoms with Crippen LogP contribution in [0.2, 0.25) is 0 Å². The van der Waals surface area contributed by atoms with E-state index in [4.69, 9.17) is 13.0 Å². The molecule has 1 aliphatic carbocycles. The highest BCUT2D eigenvalue weighted by molar-refractivity contribution is 6.27. The van der Waals surface area contributed by atoms with Crippen LogP contribution in [0.25, 0.3) is 88.0 Å². The average Bonchev–Trinajstić information content (AvgIpc) is 3.48. The van der Waals surface area contributed by atoms with Crippen LogP contribution >= 0.6 is 0 Å². The van der Waals surface area contributed by atoms with Crippen molar-refractivity contribution < 1.29 is 15.7 Å².